The second-order valence-electron chi connectivity index (χ2n) is 10.3. The van der Waals surface area contributed by atoms with Gasteiger partial charge in [0.2, 0.25) is 5.91 Å². The highest BCUT2D eigenvalue weighted by atomic mass is 19.4. The number of pyridine rings is 1. The topological polar surface area (TPSA) is 90.0 Å². The van der Waals surface area contributed by atoms with Gasteiger partial charge in [-0.25, -0.2) is 9.78 Å². The van der Waals surface area contributed by atoms with Gasteiger partial charge in [-0.15, -0.1) is 13.2 Å². The Morgan fingerprint density at radius 1 is 1.21 bits per heavy atom. The smallest absolute Gasteiger partial charge is 0.474 e. The zero-order valence-corrected chi connectivity index (χ0v) is 19.4. The molecule has 33 heavy (non-hydrogen) atoms. The van der Waals surface area contributed by atoms with Crippen LogP contribution in [0.25, 0.3) is 0 Å². The predicted octanol–water partition coefficient (Wildman–Crippen LogP) is 3.90. The zero-order chi connectivity index (χ0) is 24.7. The number of carbonyl (C=O) groups is 2. The molecule has 3 rings (SSSR count). The molecule has 1 aliphatic carbocycles. The normalized spacial score (nSPS) is 19.9. The van der Waals surface area contributed by atoms with E-state index >= 15 is 0 Å². The van der Waals surface area contributed by atoms with E-state index in [1.54, 1.807) is 39.5 Å². The zero-order valence-electron chi connectivity index (χ0n) is 19.4. The van der Waals surface area contributed by atoms with E-state index in [-0.39, 0.29) is 29.9 Å². The van der Waals surface area contributed by atoms with Crippen LogP contribution in [0.15, 0.2) is 18.3 Å². The molecule has 8 nitrogen and oxygen atoms in total. The van der Waals surface area contributed by atoms with E-state index in [0.29, 0.717) is 13.1 Å². The van der Waals surface area contributed by atoms with Crippen molar-refractivity contribution >= 4 is 12.0 Å². The number of halogens is 3. The average Bonchev–Trinajstić information content (AvgIpc) is 3.34. The van der Waals surface area contributed by atoms with Gasteiger partial charge in [0, 0.05) is 24.7 Å². The molecule has 1 saturated heterocycles. The lowest BCUT2D eigenvalue weighted by molar-refractivity contribution is -0.275. The van der Waals surface area contributed by atoms with Gasteiger partial charge < -0.3 is 24.4 Å². The Morgan fingerprint density at radius 3 is 2.45 bits per heavy atom. The fourth-order valence-electron chi connectivity index (χ4n) is 3.66. The van der Waals surface area contributed by atoms with Gasteiger partial charge in [0.25, 0.3) is 5.88 Å². The Bertz CT molecular complexity index is 894. The number of alkyl halides is 3. The molecule has 184 valence electrons. The minimum absolute atomic E-state index is 0.168. The number of likely N-dealkylation sites (tertiary alicyclic amines) is 1. The van der Waals surface area contributed by atoms with Crippen molar-refractivity contribution in [3.05, 3.63) is 18.3 Å². The first-order valence-corrected chi connectivity index (χ1v) is 10.7. The van der Waals surface area contributed by atoms with E-state index in [9.17, 15) is 22.8 Å². The monoisotopic (exact) mass is 473 g/mol. The van der Waals surface area contributed by atoms with Crippen molar-refractivity contribution in [3.63, 3.8) is 0 Å². The van der Waals surface area contributed by atoms with Crippen molar-refractivity contribution in [2.24, 2.45) is 10.8 Å². The molecule has 0 radical (unpaired) electrons. The molecule has 1 aromatic rings. The number of amides is 2. The number of nitrogens with one attached hydrogen (secondary N) is 1. The molecule has 2 heterocycles. The SMILES string of the molecule is CC(C)(C)OC(=O)N1C[C@H](NC(=O)C(C)(C)COc2ncccc2OC(F)(F)F)C2(CC2)C1. The summed E-state index contributed by atoms with van der Waals surface area (Å²) in [5.74, 6) is -1.27. The molecule has 0 bridgehead atoms. The Morgan fingerprint density at radius 2 is 1.88 bits per heavy atom. The van der Waals surface area contributed by atoms with E-state index in [1.807, 2.05) is 0 Å². The first kappa shape index (κ1) is 24.9. The third-order valence-corrected chi connectivity index (χ3v) is 5.64. The number of hydrogen-bond acceptors (Lipinski definition) is 6. The van der Waals surface area contributed by atoms with Gasteiger partial charge in [-0.1, -0.05) is 0 Å². The van der Waals surface area contributed by atoms with E-state index < -0.39 is 29.2 Å². The minimum atomic E-state index is -4.89. The molecule has 1 spiro atoms. The minimum Gasteiger partial charge on any atom is -0.474 e. The van der Waals surface area contributed by atoms with Crippen LogP contribution >= 0.6 is 0 Å². The van der Waals surface area contributed by atoms with Crippen molar-refractivity contribution in [3.8, 4) is 11.6 Å². The second kappa shape index (κ2) is 8.57. The van der Waals surface area contributed by atoms with E-state index in [0.717, 1.165) is 18.9 Å². The third-order valence-electron chi connectivity index (χ3n) is 5.64. The van der Waals surface area contributed by atoms with Gasteiger partial charge >= 0.3 is 12.5 Å². The first-order valence-electron chi connectivity index (χ1n) is 10.7. The van der Waals surface area contributed by atoms with Crippen molar-refractivity contribution in [1.29, 1.82) is 0 Å². The summed E-state index contributed by atoms with van der Waals surface area (Å²) >= 11 is 0. The molecule has 0 aromatic carbocycles. The van der Waals surface area contributed by atoms with E-state index in [1.165, 1.54) is 12.3 Å². The van der Waals surface area contributed by atoms with Crippen LogP contribution in [0.1, 0.15) is 47.5 Å². The van der Waals surface area contributed by atoms with Crippen molar-refractivity contribution < 1.29 is 37.0 Å². The molecule has 1 saturated carbocycles. The summed E-state index contributed by atoms with van der Waals surface area (Å²) in [5.41, 5.74) is -1.87. The lowest BCUT2D eigenvalue weighted by Crippen LogP contribution is -2.49. The van der Waals surface area contributed by atoms with E-state index in [2.05, 4.69) is 15.0 Å². The molecule has 1 atom stereocenters. The van der Waals surface area contributed by atoms with Gasteiger partial charge in [0.05, 0.1) is 11.5 Å². The standard InChI is InChI=1S/C22H30F3N3O5/c1-19(2,3)33-18(30)28-11-15(21(12-28)8-9-21)27-17(29)20(4,5)13-31-16-14(7-6-10-26-16)32-22(23,24)25/h6-7,10,15H,8-9,11-13H2,1-5H3,(H,27,29)/t15-/m0/s1. The van der Waals surface area contributed by atoms with Crippen molar-refractivity contribution in [2.45, 2.75) is 65.5 Å². The Labute approximate surface area is 190 Å². The lowest BCUT2D eigenvalue weighted by atomic mass is 9.91. The van der Waals surface area contributed by atoms with Crippen molar-refractivity contribution in [2.75, 3.05) is 19.7 Å². The Hall–Kier alpha value is -2.72. The average molecular weight is 473 g/mol. The quantitative estimate of drug-likeness (QED) is 0.674. The van der Waals surface area contributed by atoms with Crippen molar-refractivity contribution in [1.82, 2.24) is 15.2 Å². The summed E-state index contributed by atoms with van der Waals surface area (Å²) in [5, 5.41) is 3.01. The maximum absolute atomic E-state index is 13.0. The van der Waals surface area contributed by atoms with Crippen LogP contribution in [-0.2, 0) is 9.53 Å². The molecule has 1 aliphatic heterocycles. The molecule has 2 fully saturated rings. The number of aromatic nitrogens is 1. The number of carbonyl (C=O) groups excluding carboxylic acids is 2. The third kappa shape index (κ3) is 6.42. The highest BCUT2D eigenvalue weighted by Crippen LogP contribution is 2.53. The molecule has 11 heteroatoms. The molecular formula is C22H30F3N3O5. The maximum Gasteiger partial charge on any atom is 0.573 e. The van der Waals surface area contributed by atoms with Crippen LogP contribution in [0.4, 0.5) is 18.0 Å². The largest absolute Gasteiger partial charge is 0.573 e. The van der Waals surface area contributed by atoms with Gasteiger partial charge in [-0.2, -0.15) is 0 Å². The molecule has 1 aromatic heterocycles. The first-order chi connectivity index (χ1) is 15.1. The summed E-state index contributed by atoms with van der Waals surface area (Å²) in [6, 6.07) is 2.14. The van der Waals surface area contributed by atoms with Gasteiger partial charge in [0.15, 0.2) is 5.75 Å². The highest BCUT2D eigenvalue weighted by molar-refractivity contribution is 5.82. The van der Waals surface area contributed by atoms with Gasteiger partial charge in [0.1, 0.15) is 12.2 Å². The summed E-state index contributed by atoms with van der Waals surface area (Å²) in [7, 11) is 0. The van der Waals surface area contributed by atoms with Crippen LogP contribution in [0.2, 0.25) is 0 Å². The molecule has 0 unspecified atom stereocenters. The fourth-order valence-corrected chi connectivity index (χ4v) is 3.66. The van der Waals surface area contributed by atoms with Crippen LogP contribution in [-0.4, -0.2) is 59.6 Å². The summed E-state index contributed by atoms with van der Waals surface area (Å²) in [6.07, 6.45) is -2.26. The van der Waals surface area contributed by atoms with Crippen LogP contribution in [0, 0.1) is 10.8 Å². The fraction of sp³-hybridized carbons (Fsp3) is 0.682. The molecule has 2 amide bonds. The summed E-state index contributed by atoms with van der Waals surface area (Å²) in [6.45, 7) is 9.25. The predicted molar refractivity (Wildman–Crippen MR) is 112 cm³/mol. The molecule has 2 aliphatic rings. The number of ether oxygens (including phenoxy) is 3. The van der Waals surface area contributed by atoms with Gasteiger partial charge in [-0.05, 0) is 59.6 Å². The van der Waals surface area contributed by atoms with Crippen LogP contribution < -0.4 is 14.8 Å². The second-order valence-corrected chi connectivity index (χ2v) is 10.3. The van der Waals surface area contributed by atoms with E-state index in [4.69, 9.17) is 9.47 Å². The number of rotatable bonds is 6. The molecule has 1 N–H and O–H groups in total. The van der Waals surface area contributed by atoms with Crippen LogP contribution in [0.5, 0.6) is 11.6 Å². The molecular weight excluding hydrogens is 443 g/mol. The summed E-state index contributed by atoms with van der Waals surface area (Å²) in [4.78, 5) is 30.9. The van der Waals surface area contributed by atoms with Crippen LogP contribution in [0.3, 0.4) is 0 Å². The highest BCUT2D eigenvalue weighted by Gasteiger charge is 2.57. The Kier molecular flexibility index (Phi) is 6.47. The Balaban J connectivity index is 1.61. The van der Waals surface area contributed by atoms with Gasteiger partial charge in [-0.3, -0.25) is 4.79 Å². The maximum atomic E-state index is 13.0. The summed E-state index contributed by atoms with van der Waals surface area (Å²) < 4.78 is 52.6. The lowest BCUT2D eigenvalue weighted by Gasteiger charge is -2.28. The number of nitrogens with zero attached hydrogens (tertiary/aromatic N) is 2. The number of hydrogen-bond donors (Lipinski definition) is 1.